The normalized spacial score (nSPS) is 28.5. The van der Waals surface area contributed by atoms with E-state index in [2.05, 4.69) is 96.1 Å². The van der Waals surface area contributed by atoms with Gasteiger partial charge in [-0.3, -0.25) is 4.79 Å². The molecule has 4 nitrogen and oxygen atoms in total. The number of hydrogen-bond donors (Lipinski definition) is 0. The Morgan fingerprint density at radius 1 is 0.702 bits per heavy atom. The summed E-state index contributed by atoms with van der Waals surface area (Å²) in [6.45, 7) is 16.4. The summed E-state index contributed by atoms with van der Waals surface area (Å²) in [4.78, 5) is 12.9. The highest BCUT2D eigenvalue weighted by molar-refractivity contribution is 5.69. The molecule has 0 saturated heterocycles. The van der Waals surface area contributed by atoms with Crippen LogP contribution in [-0.2, 0) is 9.53 Å². The van der Waals surface area contributed by atoms with E-state index in [1.807, 2.05) is 0 Å². The molecule has 0 heterocycles. The molecule has 4 aliphatic carbocycles. The maximum absolute atomic E-state index is 12.9. The van der Waals surface area contributed by atoms with Gasteiger partial charge >= 0.3 is 5.97 Å². The van der Waals surface area contributed by atoms with Gasteiger partial charge in [0.25, 0.3) is 0 Å². The lowest BCUT2D eigenvalue weighted by atomic mass is 9.47. The second-order valence-corrected chi connectivity index (χ2v) is 20.0. The Hall–Kier alpha value is -2.75. The second kappa shape index (κ2) is 21.0. The second-order valence-electron chi connectivity index (χ2n) is 20.0. The molecule has 0 aliphatic heterocycles. The van der Waals surface area contributed by atoms with E-state index in [-0.39, 0.29) is 12.1 Å². The molecular formula is C53H80O4. The van der Waals surface area contributed by atoms with Crippen molar-refractivity contribution in [2.24, 2.45) is 46.3 Å². The first-order chi connectivity index (χ1) is 27.6. The molecule has 4 aliphatic rings. The number of rotatable bonds is 22. The third-order valence-corrected chi connectivity index (χ3v) is 15.7. The molecule has 6 rings (SSSR count). The summed E-state index contributed by atoms with van der Waals surface area (Å²) in [6.07, 6.45) is 27.8. The van der Waals surface area contributed by atoms with Gasteiger partial charge < -0.3 is 14.2 Å². The molecule has 0 radical (unpaired) electrons. The van der Waals surface area contributed by atoms with Gasteiger partial charge in [-0.1, -0.05) is 135 Å². The van der Waals surface area contributed by atoms with E-state index in [1.165, 1.54) is 88.2 Å². The number of carbonyl (C=O) groups is 1. The van der Waals surface area contributed by atoms with Crippen LogP contribution in [0.2, 0.25) is 0 Å². The number of ether oxygens (including phenoxy) is 3. The Bertz CT molecular complexity index is 1540. The van der Waals surface area contributed by atoms with E-state index in [1.54, 1.807) is 5.57 Å². The lowest BCUT2D eigenvalue weighted by Crippen LogP contribution is -2.51. The van der Waals surface area contributed by atoms with E-state index in [0.29, 0.717) is 17.3 Å². The van der Waals surface area contributed by atoms with Crippen LogP contribution < -0.4 is 9.47 Å². The zero-order valence-electron chi connectivity index (χ0n) is 37.1. The summed E-state index contributed by atoms with van der Waals surface area (Å²) < 4.78 is 18.1. The quantitative estimate of drug-likeness (QED) is 0.0678. The van der Waals surface area contributed by atoms with Crippen LogP contribution in [0, 0.1) is 46.3 Å². The molecule has 57 heavy (non-hydrogen) atoms. The molecule has 8 atom stereocenters. The van der Waals surface area contributed by atoms with Crippen molar-refractivity contribution in [2.75, 3.05) is 13.2 Å². The third kappa shape index (κ3) is 11.3. The van der Waals surface area contributed by atoms with Crippen LogP contribution in [0.3, 0.4) is 0 Å². The van der Waals surface area contributed by atoms with Crippen LogP contribution in [0.25, 0.3) is 11.1 Å². The monoisotopic (exact) mass is 781 g/mol. The topological polar surface area (TPSA) is 44.8 Å². The van der Waals surface area contributed by atoms with Gasteiger partial charge in [0.1, 0.15) is 17.6 Å². The third-order valence-electron chi connectivity index (χ3n) is 15.7. The van der Waals surface area contributed by atoms with Gasteiger partial charge in [0.05, 0.1) is 13.2 Å². The van der Waals surface area contributed by atoms with Gasteiger partial charge in [-0.2, -0.15) is 0 Å². The lowest BCUT2D eigenvalue weighted by molar-refractivity contribution is -0.151. The Morgan fingerprint density at radius 2 is 1.33 bits per heavy atom. The molecule has 0 amide bonds. The summed E-state index contributed by atoms with van der Waals surface area (Å²) >= 11 is 0. The smallest absolute Gasteiger partial charge is 0.306 e. The molecule has 0 aromatic heterocycles. The van der Waals surface area contributed by atoms with E-state index >= 15 is 0 Å². The van der Waals surface area contributed by atoms with Gasteiger partial charge in [0.2, 0.25) is 0 Å². The molecule has 2 aromatic carbocycles. The van der Waals surface area contributed by atoms with Crippen LogP contribution in [0.1, 0.15) is 176 Å². The Morgan fingerprint density at radius 3 is 1.98 bits per heavy atom. The SMILES string of the molecule is CCCCCCOc1ccc(-c2ccc(OCCCCCCCC(=O)O[C@H]3CC[C@@]4(C)C(=CC[C@H]5[C@@H]6CC[C@H]([C@H](C)CCCC(C)C)[C@@]6(C)CC[C@@H]54)C3)cc2)cc1. The van der Waals surface area contributed by atoms with Gasteiger partial charge in [-0.15, -0.1) is 0 Å². The number of carbonyl (C=O) groups excluding carboxylic acids is 1. The van der Waals surface area contributed by atoms with Crippen LogP contribution in [0.15, 0.2) is 60.2 Å². The summed E-state index contributed by atoms with van der Waals surface area (Å²) in [5.74, 6) is 7.03. The molecule has 316 valence electrons. The number of allylic oxidation sites excluding steroid dienone is 1. The fraction of sp³-hybridized carbons (Fsp3) is 0.717. The lowest BCUT2D eigenvalue weighted by Gasteiger charge is -2.58. The minimum Gasteiger partial charge on any atom is -0.494 e. The number of benzene rings is 2. The average Bonchev–Trinajstić information content (AvgIpc) is 3.56. The fourth-order valence-electron chi connectivity index (χ4n) is 12.3. The predicted molar refractivity (Wildman–Crippen MR) is 238 cm³/mol. The van der Waals surface area contributed by atoms with Crippen molar-refractivity contribution in [1.29, 1.82) is 0 Å². The Labute approximate surface area is 348 Å². The highest BCUT2D eigenvalue weighted by Gasteiger charge is 2.59. The van der Waals surface area contributed by atoms with Crippen molar-refractivity contribution >= 4 is 5.97 Å². The Balaban J connectivity index is 0.839. The average molecular weight is 781 g/mol. The zero-order valence-corrected chi connectivity index (χ0v) is 37.1. The van der Waals surface area contributed by atoms with E-state index in [4.69, 9.17) is 14.2 Å². The summed E-state index contributed by atoms with van der Waals surface area (Å²) in [6, 6.07) is 16.8. The number of unbranched alkanes of at least 4 members (excludes halogenated alkanes) is 7. The molecule has 0 N–H and O–H groups in total. The van der Waals surface area contributed by atoms with Crippen molar-refractivity contribution in [1.82, 2.24) is 0 Å². The van der Waals surface area contributed by atoms with E-state index < -0.39 is 0 Å². The maximum atomic E-state index is 12.9. The minimum atomic E-state index is 0.0136. The van der Waals surface area contributed by atoms with Gasteiger partial charge in [-0.05, 0) is 146 Å². The minimum absolute atomic E-state index is 0.0136. The Kier molecular flexibility index (Phi) is 16.1. The van der Waals surface area contributed by atoms with Gasteiger partial charge in [-0.25, -0.2) is 0 Å². The van der Waals surface area contributed by atoms with E-state index in [0.717, 1.165) is 112 Å². The van der Waals surface area contributed by atoms with Crippen molar-refractivity contribution in [2.45, 2.75) is 182 Å². The van der Waals surface area contributed by atoms with E-state index in [9.17, 15) is 4.79 Å². The number of esters is 1. The highest BCUT2D eigenvalue weighted by atomic mass is 16.5. The first kappa shape index (κ1) is 43.8. The molecule has 2 aromatic rings. The summed E-state index contributed by atoms with van der Waals surface area (Å²) in [5, 5.41) is 0. The van der Waals surface area contributed by atoms with Crippen LogP contribution in [0.4, 0.5) is 0 Å². The molecule has 3 fully saturated rings. The molecule has 0 spiro atoms. The number of fused-ring (bicyclic) bond motifs is 5. The zero-order chi connectivity index (χ0) is 40.3. The predicted octanol–water partition coefficient (Wildman–Crippen LogP) is 15.0. The summed E-state index contributed by atoms with van der Waals surface area (Å²) in [7, 11) is 0. The maximum Gasteiger partial charge on any atom is 0.306 e. The van der Waals surface area contributed by atoms with Crippen molar-refractivity contribution in [3.8, 4) is 22.6 Å². The van der Waals surface area contributed by atoms with Crippen molar-refractivity contribution in [3.05, 3.63) is 60.2 Å². The van der Waals surface area contributed by atoms with Crippen molar-refractivity contribution < 1.29 is 19.0 Å². The molecule has 0 unspecified atom stereocenters. The first-order valence-corrected chi connectivity index (χ1v) is 24.0. The largest absolute Gasteiger partial charge is 0.494 e. The fourth-order valence-corrected chi connectivity index (χ4v) is 12.3. The highest BCUT2D eigenvalue weighted by Crippen LogP contribution is 2.67. The molecule has 4 heteroatoms. The van der Waals surface area contributed by atoms with Gasteiger partial charge in [0.15, 0.2) is 0 Å². The van der Waals surface area contributed by atoms with Crippen molar-refractivity contribution in [3.63, 3.8) is 0 Å². The molecule has 3 saturated carbocycles. The first-order valence-electron chi connectivity index (χ1n) is 24.0. The van der Waals surface area contributed by atoms with Gasteiger partial charge in [0, 0.05) is 12.8 Å². The van der Waals surface area contributed by atoms with Crippen LogP contribution in [0.5, 0.6) is 11.5 Å². The number of hydrogen-bond acceptors (Lipinski definition) is 4. The molecule has 0 bridgehead atoms. The standard InChI is InChI=1S/C53H80O4/c1-7-8-9-14-36-55-44-25-20-41(21-26-44)42-22-27-45(28-23-42)56-37-15-12-10-11-13-19-51(54)57-46-32-34-52(5)43(38-46)24-29-47-49-31-30-48(40(4)18-16-17-39(2)3)53(49,6)35-33-50(47)52/h20-28,39-40,46-50H,7-19,29-38H2,1-6H3/t40-,46+,47+,48-,49+,50+,52+,53-/m1/s1. The molecular weight excluding hydrogens is 701 g/mol. The van der Waals surface area contributed by atoms with Crippen LogP contribution in [-0.4, -0.2) is 25.3 Å². The van der Waals surface area contributed by atoms with Crippen LogP contribution >= 0.6 is 0 Å². The summed E-state index contributed by atoms with van der Waals surface area (Å²) in [5.41, 5.74) is 4.83.